The van der Waals surface area contributed by atoms with Gasteiger partial charge in [-0.1, -0.05) is 30.3 Å². The summed E-state index contributed by atoms with van der Waals surface area (Å²) in [4.78, 5) is 28.0. The molecule has 5 nitrogen and oxygen atoms in total. The Hall–Kier alpha value is -3.21. The second-order valence-corrected chi connectivity index (χ2v) is 5.75. The molecule has 0 unspecified atom stereocenters. The number of ether oxygens (including phenoxy) is 1. The summed E-state index contributed by atoms with van der Waals surface area (Å²) in [6.45, 7) is 3.25. The smallest absolute Gasteiger partial charge is 0.262 e. The zero-order valence-electron chi connectivity index (χ0n) is 14.1. The van der Waals surface area contributed by atoms with Gasteiger partial charge in [-0.25, -0.2) is 4.98 Å². The van der Waals surface area contributed by atoms with Crippen molar-refractivity contribution in [3.05, 3.63) is 65.9 Å². The third-order valence-electron chi connectivity index (χ3n) is 3.73. The standard InChI is InChI=1S/C20H18N2O3/c1-13-9-10-15-5-4-8-18(20(15)21-13)25-12-19(24)22-17-7-3-6-16(11-17)14(2)23/h3-11H,12H2,1-2H3,(H,22,24). The number of pyridine rings is 1. The van der Waals surface area contributed by atoms with Gasteiger partial charge in [-0.15, -0.1) is 0 Å². The maximum atomic E-state index is 12.1. The fraction of sp³-hybridized carbons (Fsp3) is 0.150. The molecule has 0 bridgehead atoms. The first kappa shape index (κ1) is 16.6. The van der Waals surface area contributed by atoms with Gasteiger partial charge in [0.1, 0.15) is 11.3 Å². The zero-order valence-corrected chi connectivity index (χ0v) is 14.1. The molecule has 0 radical (unpaired) electrons. The van der Waals surface area contributed by atoms with Crippen molar-refractivity contribution in [2.75, 3.05) is 11.9 Å². The van der Waals surface area contributed by atoms with Crippen LogP contribution in [-0.2, 0) is 4.79 Å². The van der Waals surface area contributed by atoms with E-state index in [1.807, 2.05) is 31.2 Å². The highest BCUT2D eigenvalue weighted by atomic mass is 16.5. The molecule has 1 amide bonds. The number of para-hydroxylation sites is 1. The van der Waals surface area contributed by atoms with Gasteiger partial charge in [0.25, 0.3) is 5.91 Å². The summed E-state index contributed by atoms with van der Waals surface area (Å²) >= 11 is 0. The summed E-state index contributed by atoms with van der Waals surface area (Å²) in [6, 6.07) is 16.3. The van der Waals surface area contributed by atoms with Crippen LogP contribution in [0.3, 0.4) is 0 Å². The highest BCUT2D eigenvalue weighted by Crippen LogP contribution is 2.24. The maximum Gasteiger partial charge on any atom is 0.262 e. The van der Waals surface area contributed by atoms with Crippen molar-refractivity contribution in [3.8, 4) is 5.75 Å². The summed E-state index contributed by atoms with van der Waals surface area (Å²) in [6.07, 6.45) is 0. The second-order valence-electron chi connectivity index (χ2n) is 5.75. The van der Waals surface area contributed by atoms with E-state index in [1.165, 1.54) is 6.92 Å². The minimum atomic E-state index is -0.301. The predicted molar refractivity (Wildman–Crippen MR) is 97.1 cm³/mol. The van der Waals surface area contributed by atoms with E-state index in [1.54, 1.807) is 30.3 Å². The first-order valence-corrected chi connectivity index (χ1v) is 7.93. The van der Waals surface area contributed by atoms with E-state index in [-0.39, 0.29) is 18.3 Å². The largest absolute Gasteiger partial charge is 0.481 e. The van der Waals surface area contributed by atoms with Crippen LogP contribution in [0.4, 0.5) is 5.69 Å². The highest BCUT2D eigenvalue weighted by molar-refractivity contribution is 5.97. The number of rotatable bonds is 5. The van der Waals surface area contributed by atoms with Crippen molar-refractivity contribution < 1.29 is 14.3 Å². The van der Waals surface area contributed by atoms with Crippen LogP contribution >= 0.6 is 0 Å². The van der Waals surface area contributed by atoms with Gasteiger partial charge in [0, 0.05) is 22.3 Å². The van der Waals surface area contributed by atoms with Gasteiger partial charge in [0.2, 0.25) is 0 Å². The first-order chi connectivity index (χ1) is 12.0. The Morgan fingerprint density at radius 1 is 1.08 bits per heavy atom. The molecule has 0 saturated carbocycles. The van der Waals surface area contributed by atoms with Crippen LogP contribution in [0.5, 0.6) is 5.75 Å². The molecule has 2 aromatic carbocycles. The number of hydrogen-bond donors (Lipinski definition) is 1. The molecule has 0 aliphatic carbocycles. The minimum absolute atomic E-state index is 0.0513. The lowest BCUT2D eigenvalue weighted by atomic mass is 10.1. The number of nitrogens with zero attached hydrogens (tertiary/aromatic N) is 1. The average Bonchev–Trinajstić information content (AvgIpc) is 2.60. The number of aryl methyl sites for hydroxylation is 1. The fourth-order valence-electron chi connectivity index (χ4n) is 2.49. The fourth-order valence-corrected chi connectivity index (χ4v) is 2.49. The molecular formula is C20H18N2O3. The molecule has 0 saturated heterocycles. The lowest BCUT2D eigenvalue weighted by molar-refractivity contribution is -0.118. The Labute approximate surface area is 145 Å². The summed E-state index contributed by atoms with van der Waals surface area (Å²) < 4.78 is 5.64. The number of fused-ring (bicyclic) bond motifs is 1. The highest BCUT2D eigenvalue weighted by Gasteiger charge is 2.08. The quantitative estimate of drug-likeness (QED) is 0.721. The summed E-state index contributed by atoms with van der Waals surface area (Å²) in [7, 11) is 0. The zero-order chi connectivity index (χ0) is 17.8. The molecule has 3 rings (SSSR count). The van der Waals surface area contributed by atoms with E-state index in [2.05, 4.69) is 10.3 Å². The van der Waals surface area contributed by atoms with E-state index in [0.29, 0.717) is 17.0 Å². The van der Waals surface area contributed by atoms with Crippen molar-refractivity contribution in [1.29, 1.82) is 0 Å². The number of nitrogens with one attached hydrogen (secondary N) is 1. The van der Waals surface area contributed by atoms with E-state index >= 15 is 0 Å². The molecule has 1 N–H and O–H groups in total. The van der Waals surface area contributed by atoms with Gasteiger partial charge in [-0.05, 0) is 38.1 Å². The number of hydrogen-bond acceptors (Lipinski definition) is 4. The van der Waals surface area contributed by atoms with Gasteiger partial charge < -0.3 is 10.1 Å². The Kier molecular flexibility index (Phi) is 4.75. The lowest BCUT2D eigenvalue weighted by Gasteiger charge is -2.10. The molecule has 0 aliphatic rings. The van der Waals surface area contributed by atoms with Crippen LogP contribution in [-0.4, -0.2) is 23.3 Å². The summed E-state index contributed by atoms with van der Waals surface area (Å²) in [5.74, 6) is 0.212. The average molecular weight is 334 g/mol. The topological polar surface area (TPSA) is 68.3 Å². The minimum Gasteiger partial charge on any atom is -0.481 e. The molecule has 0 spiro atoms. The lowest BCUT2D eigenvalue weighted by Crippen LogP contribution is -2.20. The maximum absolute atomic E-state index is 12.1. The van der Waals surface area contributed by atoms with Crippen LogP contribution in [0.1, 0.15) is 23.0 Å². The van der Waals surface area contributed by atoms with Crippen molar-refractivity contribution in [2.24, 2.45) is 0 Å². The number of ketones is 1. The van der Waals surface area contributed by atoms with E-state index in [9.17, 15) is 9.59 Å². The number of benzene rings is 2. The van der Waals surface area contributed by atoms with E-state index < -0.39 is 0 Å². The molecule has 126 valence electrons. The Bertz CT molecular complexity index is 951. The normalized spacial score (nSPS) is 10.5. The van der Waals surface area contributed by atoms with Gasteiger partial charge >= 0.3 is 0 Å². The number of carbonyl (C=O) groups excluding carboxylic acids is 2. The molecule has 3 aromatic rings. The molecule has 5 heteroatoms. The van der Waals surface area contributed by atoms with Crippen molar-refractivity contribution >= 4 is 28.3 Å². The second kappa shape index (κ2) is 7.13. The Morgan fingerprint density at radius 3 is 2.68 bits per heavy atom. The number of aromatic nitrogens is 1. The number of amides is 1. The summed E-state index contributed by atoms with van der Waals surface area (Å²) in [5.41, 5.74) is 2.73. The molecule has 1 aromatic heterocycles. The van der Waals surface area contributed by atoms with Gasteiger partial charge in [0.15, 0.2) is 12.4 Å². The molecular weight excluding hydrogens is 316 g/mol. The van der Waals surface area contributed by atoms with Crippen LogP contribution in [0.25, 0.3) is 10.9 Å². The van der Waals surface area contributed by atoms with Crippen molar-refractivity contribution in [3.63, 3.8) is 0 Å². The Balaban J connectivity index is 1.70. The molecule has 0 aliphatic heterocycles. The first-order valence-electron chi connectivity index (χ1n) is 7.93. The van der Waals surface area contributed by atoms with E-state index in [0.717, 1.165) is 16.6 Å². The monoisotopic (exact) mass is 334 g/mol. The number of anilines is 1. The third kappa shape index (κ3) is 4.01. The SMILES string of the molecule is CC(=O)c1cccc(NC(=O)COc2cccc3ccc(C)nc23)c1. The predicted octanol–water partition coefficient (Wildman–Crippen LogP) is 3.76. The molecule has 0 fully saturated rings. The van der Waals surface area contributed by atoms with Crippen molar-refractivity contribution in [2.45, 2.75) is 13.8 Å². The summed E-state index contributed by atoms with van der Waals surface area (Å²) in [5, 5.41) is 3.69. The third-order valence-corrected chi connectivity index (χ3v) is 3.73. The Morgan fingerprint density at radius 2 is 1.88 bits per heavy atom. The number of carbonyl (C=O) groups is 2. The van der Waals surface area contributed by atoms with Gasteiger partial charge in [-0.2, -0.15) is 0 Å². The van der Waals surface area contributed by atoms with Gasteiger partial charge in [0.05, 0.1) is 0 Å². The number of Topliss-reactive ketones (excluding diaryl/α,β-unsaturated/α-hetero) is 1. The molecule has 1 heterocycles. The van der Waals surface area contributed by atoms with Crippen LogP contribution in [0.2, 0.25) is 0 Å². The van der Waals surface area contributed by atoms with Crippen molar-refractivity contribution in [1.82, 2.24) is 4.98 Å². The van der Waals surface area contributed by atoms with Crippen LogP contribution in [0, 0.1) is 6.92 Å². The van der Waals surface area contributed by atoms with E-state index in [4.69, 9.17) is 4.74 Å². The van der Waals surface area contributed by atoms with Gasteiger partial charge in [-0.3, -0.25) is 9.59 Å². The molecule has 0 atom stereocenters. The van der Waals surface area contributed by atoms with Crippen LogP contribution in [0.15, 0.2) is 54.6 Å². The van der Waals surface area contributed by atoms with Crippen LogP contribution < -0.4 is 10.1 Å². The molecule has 25 heavy (non-hydrogen) atoms.